The summed E-state index contributed by atoms with van der Waals surface area (Å²) in [4.78, 5) is 0. The number of hydrogen-bond donors (Lipinski definition) is 0. The fourth-order valence-electron chi connectivity index (χ4n) is 1.39. The normalized spacial score (nSPS) is 21.4. The number of halogens is 3. The van der Waals surface area contributed by atoms with Gasteiger partial charge in [-0.2, -0.15) is 13.2 Å². The molecule has 1 fully saturated rings. The van der Waals surface area contributed by atoms with Gasteiger partial charge in [-0.15, -0.1) is 0 Å². The Balaban J connectivity index is 2.89. The lowest BCUT2D eigenvalue weighted by atomic mass is 9.74. The van der Waals surface area contributed by atoms with Gasteiger partial charge in [0, 0.05) is 0 Å². The maximum Gasteiger partial charge on any atom is 0.402 e. The summed E-state index contributed by atoms with van der Waals surface area (Å²) in [5.41, 5.74) is -1.55. The summed E-state index contributed by atoms with van der Waals surface area (Å²) in [7, 11) is 0. The van der Waals surface area contributed by atoms with Crippen LogP contribution >= 0.6 is 0 Å². The number of hydrogen-bond acceptors (Lipinski definition) is 1. The summed E-state index contributed by atoms with van der Waals surface area (Å²) in [5.74, 6) is -0.162. The van der Waals surface area contributed by atoms with Crippen molar-refractivity contribution in [3.05, 3.63) is 12.2 Å². The first-order valence-electron chi connectivity index (χ1n) is 4.15. The highest BCUT2D eigenvalue weighted by Crippen LogP contribution is 2.50. The van der Waals surface area contributed by atoms with Crippen molar-refractivity contribution in [2.45, 2.75) is 20.0 Å². The predicted molar refractivity (Wildman–Crippen MR) is 43.3 cm³/mol. The van der Waals surface area contributed by atoms with Crippen LogP contribution in [0.1, 0.15) is 13.8 Å². The molecule has 0 amide bonds. The van der Waals surface area contributed by atoms with Crippen molar-refractivity contribution in [2.75, 3.05) is 13.2 Å². The van der Waals surface area contributed by atoms with E-state index in [2.05, 4.69) is 11.3 Å². The van der Waals surface area contributed by atoms with E-state index in [4.69, 9.17) is 0 Å². The maximum atomic E-state index is 12.6. The van der Waals surface area contributed by atoms with Gasteiger partial charge < -0.3 is 4.74 Å². The first-order valence-corrected chi connectivity index (χ1v) is 4.15. The Morgan fingerprint density at radius 1 is 1.38 bits per heavy atom. The lowest BCUT2D eigenvalue weighted by Gasteiger charge is -2.45. The van der Waals surface area contributed by atoms with Gasteiger partial charge in [-0.25, -0.2) is 0 Å². The summed E-state index contributed by atoms with van der Waals surface area (Å²) in [5, 5.41) is 0. The smallest absolute Gasteiger partial charge is 0.379 e. The molecule has 0 N–H and O–H groups in total. The van der Waals surface area contributed by atoms with Crippen molar-refractivity contribution in [2.24, 2.45) is 11.3 Å². The highest BCUT2D eigenvalue weighted by atomic mass is 19.4. The summed E-state index contributed by atoms with van der Waals surface area (Å²) < 4.78 is 42.5. The first-order chi connectivity index (χ1) is 5.81. The average Bonchev–Trinajstić information content (AvgIpc) is 1.80. The number of alkyl halides is 3. The van der Waals surface area contributed by atoms with Crippen molar-refractivity contribution in [1.29, 1.82) is 0 Å². The van der Waals surface area contributed by atoms with Crippen LogP contribution in [0.15, 0.2) is 12.2 Å². The van der Waals surface area contributed by atoms with E-state index in [0.29, 0.717) is 0 Å². The molecule has 13 heavy (non-hydrogen) atoms. The lowest BCUT2D eigenvalue weighted by molar-refractivity contribution is -0.287. The molecule has 0 bridgehead atoms. The first kappa shape index (κ1) is 10.6. The van der Waals surface area contributed by atoms with Gasteiger partial charge >= 0.3 is 6.18 Å². The van der Waals surface area contributed by atoms with Gasteiger partial charge in [-0.3, -0.25) is 0 Å². The molecule has 0 aromatic rings. The zero-order chi connectivity index (χ0) is 10.3. The largest absolute Gasteiger partial charge is 0.402 e. The summed E-state index contributed by atoms with van der Waals surface area (Å²) in [6.07, 6.45) is -4.23. The van der Waals surface area contributed by atoms with E-state index in [1.54, 1.807) is 13.8 Å². The van der Waals surface area contributed by atoms with Gasteiger partial charge in [0.25, 0.3) is 0 Å². The third-order valence-electron chi connectivity index (χ3n) is 2.55. The van der Waals surface area contributed by atoms with Crippen molar-refractivity contribution < 1.29 is 17.9 Å². The second-order valence-electron chi connectivity index (χ2n) is 3.75. The van der Waals surface area contributed by atoms with Crippen LogP contribution in [0.25, 0.3) is 0 Å². The highest BCUT2D eigenvalue weighted by molar-refractivity contribution is 5.19. The molecule has 1 rings (SSSR count). The molecule has 1 aliphatic rings. The van der Waals surface area contributed by atoms with E-state index in [0.717, 1.165) is 0 Å². The second kappa shape index (κ2) is 3.01. The topological polar surface area (TPSA) is 9.23 Å². The van der Waals surface area contributed by atoms with Crippen LogP contribution in [0.3, 0.4) is 0 Å². The maximum absolute atomic E-state index is 12.6. The SMILES string of the molecule is C=C(C(C)C)C1(C(F)(F)F)COC1. The van der Waals surface area contributed by atoms with Crippen LogP contribution in [-0.4, -0.2) is 19.4 Å². The molecule has 1 heterocycles. The van der Waals surface area contributed by atoms with E-state index < -0.39 is 11.6 Å². The van der Waals surface area contributed by atoms with Crippen LogP contribution in [0.2, 0.25) is 0 Å². The molecule has 0 atom stereocenters. The lowest BCUT2D eigenvalue weighted by Crippen LogP contribution is -2.55. The predicted octanol–water partition coefficient (Wildman–Crippen LogP) is 2.78. The second-order valence-corrected chi connectivity index (χ2v) is 3.75. The Labute approximate surface area is 75.6 Å². The summed E-state index contributed by atoms with van der Waals surface area (Å²) in [6, 6.07) is 0. The summed E-state index contributed by atoms with van der Waals surface area (Å²) >= 11 is 0. The number of ether oxygens (including phenoxy) is 1. The molecule has 76 valence electrons. The molecule has 0 radical (unpaired) electrons. The van der Waals surface area contributed by atoms with Crippen LogP contribution in [-0.2, 0) is 4.74 Å². The average molecular weight is 194 g/mol. The van der Waals surface area contributed by atoms with Crippen molar-refractivity contribution in [1.82, 2.24) is 0 Å². The molecule has 1 nitrogen and oxygen atoms in total. The van der Waals surface area contributed by atoms with Crippen LogP contribution in [0.4, 0.5) is 13.2 Å². The zero-order valence-electron chi connectivity index (χ0n) is 7.74. The molecular formula is C9H13F3O. The van der Waals surface area contributed by atoms with Gasteiger partial charge in [0.2, 0.25) is 0 Å². The minimum absolute atomic E-state index is 0.162. The van der Waals surface area contributed by atoms with E-state index >= 15 is 0 Å². The Bertz CT molecular complexity index is 213. The van der Waals surface area contributed by atoms with Gasteiger partial charge in [0.15, 0.2) is 0 Å². The Kier molecular flexibility index (Phi) is 2.45. The minimum atomic E-state index is -4.23. The van der Waals surface area contributed by atoms with Crippen LogP contribution < -0.4 is 0 Å². The van der Waals surface area contributed by atoms with E-state index in [1.807, 2.05) is 0 Å². The summed E-state index contributed by atoms with van der Waals surface area (Å²) in [6.45, 7) is 6.41. The molecule has 4 heteroatoms. The quantitative estimate of drug-likeness (QED) is 0.614. The monoisotopic (exact) mass is 194 g/mol. The molecular weight excluding hydrogens is 181 g/mol. The van der Waals surface area contributed by atoms with Gasteiger partial charge in [0.1, 0.15) is 5.41 Å². The fourth-order valence-corrected chi connectivity index (χ4v) is 1.39. The van der Waals surface area contributed by atoms with Crippen LogP contribution in [0, 0.1) is 11.3 Å². The third-order valence-corrected chi connectivity index (χ3v) is 2.55. The molecule has 0 aromatic carbocycles. The Morgan fingerprint density at radius 2 is 1.85 bits per heavy atom. The molecule has 1 aliphatic heterocycles. The molecule has 1 saturated heterocycles. The molecule has 0 aliphatic carbocycles. The van der Waals surface area contributed by atoms with Crippen molar-refractivity contribution in [3.8, 4) is 0 Å². The molecule has 0 saturated carbocycles. The van der Waals surface area contributed by atoms with Crippen molar-refractivity contribution in [3.63, 3.8) is 0 Å². The molecule has 0 unspecified atom stereocenters. The minimum Gasteiger partial charge on any atom is -0.379 e. The molecule has 0 spiro atoms. The van der Waals surface area contributed by atoms with E-state index in [-0.39, 0.29) is 24.7 Å². The van der Waals surface area contributed by atoms with Gasteiger partial charge in [0.05, 0.1) is 13.2 Å². The highest BCUT2D eigenvalue weighted by Gasteiger charge is 2.61. The van der Waals surface area contributed by atoms with E-state index in [1.165, 1.54) is 0 Å². The standard InChI is InChI=1S/C9H13F3O/c1-6(2)7(3)8(4-13-5-8)9(10,11)12/h6H,3-5H2,1-2H3. The van der Waals surface area contributed by atoms with Crippen molar-refractivity contribution >= 4 is 0 Å². The van der Waals surface area contributed by atoms with Gasteiger partial charge in [-0.05, 0) is 5.92 Å². The Hall–Kier alpha value is -0.510. The van der Waals surface area contributed by atoms with Gasteiger partial charge in [-0.1, -0.05) is 26.0 Å². The third kappa shape index (κ3) is 1.47. The van der Waals surface area contributed by atoms with E-state index in [9.17, 15) is 13.2 Å². The fraction of sp³-hybridized carbons (Fsp3) is 0.778. The Morgan fingerprint density at radius 3 is 1.92 bits per heavy atom. The van der Waals surface area contributed by atoms with Crippen LogP contribution in [0.5, 0.6) is 0 Å². The zero-order valence-corrected chi connectivity index (χ0v) is 7.74. The number of rotatable bonds is 2. The molecule has 0 aromatic heterocycles.